The quantitative estimate of drug-likeness (QED) is 0.0808. The fraction of sp³-hybridized carbons (Fsp3) is 0.594. The molecule has 0 saturated carbocycles. The number of unbranched alkanes of at least 4 members (excludes halogenated alkanes) is 15. The zero-order chi connectivity index (χ0) is 27.7. The number of rotatable bonds is 21. The molecule has 7 heteroatoms. The largest absolute Gasteiger partial charge is 0.357 e. The Hall–Kier alpha value is -3.09. The van der Waals surface area contributed by atoms with E-state index < -0.39 is 0 Å². The number of fused-ring (bicyclic) bond motifs is 1. The summed E-state index contributed by atoms with van der Waals surface area (Å²) in [5.74, 6) is 0.752. The van der Waals surface area contributed by atoms with Crippen LogP contribution in [0, 0.1) is 6.92 Å². The molecule has 0 fully saturated rings. The number of nitrogens with one attached hydrogen (secondary N) is 4. The van der Waals surface area contributed by atoms with Crippen molar-refractivity contribution in [1.29, 1.82) is 0 Å². The Morgan fingerprint density at radius 1 is 0.872 bits per heavy atom. The van der Waals surface area contributed by atoms with Crippen LogP contribution in [-0.2, 0) is 9.59 Å². The van der Waals surface area contributed by atoms with E-state index in [9.17, 15) is 9.59 Å². The van der Waals surface area contributed by atoms with Crippen molar-refractivity contribution in [2.45, 2.75) is 123 Å². The van der Waals surface area contributed by atoms with E-state index in [2.05, 4.69) is 32.5 Å². The molecule has 0 saturated heterocycles. The molecule has 3 aromatic rings. The first kappa shape index (κ1) is 30.5. The number of anilines is 2. The van der Waals surface area contributed by atoms with Gasteiger partial charge in [-0.25, -0.2) is 4.98 Å². The van der Waals surface area contributed by atoms with Gasteiger partial charge in [0.15, 0.2) is 5.82 Å². The molecule has 2 amide bonds. The van der Waals surface area contributed by atoms with Crippen molar-refractivity contribution >= 4 is 34.7 Å². The van der Waals surface area contributed by atoms with Crippen LogP contribution in [0.25, 0.3) is 22.6 Å². The summed E-state index contributed by atoms with van der Waals surface area (Å²) in [6.45, 7) is 4.20. The van der Waals surface area contributed by atoms with Crippen LogP contribution in [0.4, 0.5) is 11.4 Å². The maximum absolute atomic E-state index is 12.5. The van der Waals surface area contributed by atoms with Gasteiger partial charge in [-0.15, -0.1) is 0 Å². The molecule has 3 rings (SSSR count). The summed E-state index contributed by atoms with van der Waals surface area (Å²) in [6.07, 6.45) is 24.2. The lowest BCUT2D eigenvalue weighted by atomic mass is 10.0. The van der Waals surface area contributed by atoms with E-state index in [0.717, 1.165) is 46.5 Å². The highest BCUT2D eigenvalue weighted by Gasteiger charge is 2.13. The molecule has 7 nitrogen and oxygen atoms in total. The fourth-order valence-electron chi connectivity index (χ4n) is 5.22. The van der Waals surface area contributed by atoms with Crippen molar-refractivity contribution in [3.63, 3.8) is 0 Å². The first-order valence-corrected chi connectivity index (χ1v) is 15.3. The van der Waals surface area contributed by atoms with Gasteiger partial charge in [0.1, 0.15) is 0 Å². The minimum Gasteiger partial charge on any atom is -0.357 e. The molecule has 39 heavy (non-hydrogen) atoms. The predicted octanol–water partition coefficient (Wildman–Crippen LogP) is 9.02. The molecular weight excluding hydrogens is 486 g/mol. The monoisotopic (exact) mass is 535 g/mol. The van der Waals surface area contributed by atoms with Crippen molar-refractivity contribution < 1.29 is 9.59 Å². The number of aromatic amines is 2. The van der Waals surface area contributed by atoms with Crippen LogP contribution < -0.4 is 10.6 Å². The average Bonchev–Trinajstić information content (AvgIpc) is 3.51. The van der Waals surface area contributed by atoms with Crippen LogP contribution >= 0.6 is 0 Å². The maximum Gasteiger partial charge on any atom is 0.224 e. The summed E-state index contributed by atoms with van der Waals surface area (Å²) < 4.78 is 0. The lowest BCUT2D eigenvalue weighted by Crippen LogP contribution is -2.10. The molecule has 0 aliphatic rings. The maximum atomic E-state index is 12.5. The topological polar surface area (TPSA) is 103 Å². The number of nitrogens with zero attached hydrogens (tertiary/aromatic N) is 1. The predicted molar refractivity (Wildman–Crippen MR) is 163 cm³/mol. The summed E-state index contributed by atoms with van der Waals surface area (Å²) in [7, 11) is 0. The number of amides is 2. The molecule has 0 spiro atoms. The Morgan fingerprint density at radius 3 is 2.05 bits per heavy atom. The third-order valence-electron chi connectivity index (χ3n) is 7.61. The van der Waals surface area contributed by atoms with E-state index in [1.165, 1.54) is 89.9 Å². The van der Waals surface area contributed by atoms with Crippen molar-refractivity contribution in [2.24, 2.45) is 0 Å². The zero-order valence-corrected chi connectivity index (χ0v) is 24.2. The van der Waals surface area contributed by atoms with Crippen LogP contribution in [0.2, 0.25) is 0 Å². The van der Waals surface area contributed by atoms with Gasteiger partial charge in [0.25, 0.3) is 0 Å². The van der Waals surface area contributed by atoms with Gasteiger partial charge in [-0.1, -0.05) is 103 Å². The van der Waals surface area contributed by atoms with Crippen molar-refractivity contribution in [3.8, 4) is 11.5 Å². The third kappa shape index (κ3) is 10.5. The number of H-pyrrole nitrogens is 2. The molecule has 0 unspecified atom stereocenters. The van der Waals surface area contributed by atoms with Gasteiger partial charge in [-0.2, -0.15) is 0 Å². The third-order valence-corrected chi connectivity index (χ3v) is 7.61. The molecule has 1 aromatic carbocycles. The first-order chi connectivity index (χ1) is 19.1. The van der Waals surface area contributed by atoms with Gasteiger partial charge in [-0.3, -0.25) is 9.59 Å². The van der Waals surface area contributed by atoms with Crippen LogP contribution in [0.1, 0.15) is 122 Å². The van der Waals surface area contributed by atoms with E-state index in [4.69, 9.17) is 0 Å². The fourth-order valence-corrected chi connectivity index (χ4v) is 5.22. The Kier molecular flexibility index (Phi) is 13.7. The number of aromatic nitrogens is 3. The van der Waals surface area contributed by atoms with Gasteiger partial charge in [0, 0.05) is 23.9 Å². The van der Waals surface area contributed by atoms with E-state index in [-0.39, 0.29) is 5.91 Å². The molecule has 0 aliphatic heterocycles. The lowest BCUT2D eigenvalue weighted by molar-refractivity contribution is -0.116. The molecule has 0 atom stereocenters. The van der Waals surface area contributed by atoms with E-state index >= 15 is 0 Å². The van der Waals surface area contributed by atoms with Gasteiger partial charge in [-0.05, 0) is 31.5 Å². The Balaban J connectivity index is 1.24. The van der Waals surface area contributed by atoms with Gasteiger partial charge in [0.2, 0.25) is 12.3 Å². The van der Waals surface area contributed by atoms with Crippen molar-refractivity contribution in [2.75, 3.05) is 10.6 Å². The van der Waals surface area contributed by atoms with Crippen LogP contribution in [0.15, 0.2) is 24.4 Å². The van der Waals surface area contributed by atoms with E-state index in [1.807, 2.05) is 25.1 Å². The summed E-state index contributed by atoms with van der Waals surface area (Å²) in [6, 6.07) is 5.71. The number of carbonyl (C=O) groups is 2. The molecule has 214 valence electrons. The number of hydrogen-bond acceptors (Lipinski definition) is 3. The zero-order valence-electron chi connectivity index (χ0n) is 24.2. The smallest absolute Gasteiger partial charge is 0.224 e. The molecule has 2 heterocycles. The summed E-state index contributed by atoms with van der Waals surface area (Å²) in [5.41, 5.74) is 4.90. The molecule has 2 aromatic heterocycles. The molecule has 0 radical (unpaired) electrons. The highest BCUT2D eigenvalue weighted by atomic mass is 16.1. The van der Waals surface area contributed by atoms with E-state index in [0.29, 0.717) is 18.7 Å². The Bertz CT molecular complexity index is 1130. The normalized spacial score (nSPS) is 11.2. The van der Waals surface area contributed by atoms with Crippen LogP contribution in [0.3, 0.4) is 0 Å². The van der Waals surface area contributed by atoms with Gasteiger partial charge >= 0.3 is 0 Å². The number of imidazole rings is 1. The second kappa shape index (κ2) is 17.5. The first-order valence-electron chi connectivity index (χ1n) is 15.3. The van der Waals surface area contributed by atoms with Crippen molar-refractivity contribution in [3.05, 3.63) is 30.0 Å². The number of benzene rings is 1. The highest BCUT2D eigenvalue weighted by molar-refractivity contribution is 5.93. The van der Waals surface area contributed by atoms with Crippen molar-refractivity contribution in [1.82, 2.24) is 15.0 Å². The van der Waals surface area contributed by atoms with E-state index in [1.54, 1.807) is 6.20 Å². The molecule has 0 bridgehead atoms. The molecule has 0 aliphatic carbocycles. The highest BCUT2D eigenvalue weighted by Crippen LogP contribution is 2.28. The SMILES string of the molecule is CCCCCCCCCCCCCCCCCCC(=O)Nc1ccc2nc(-c3[nH]cc(NC=O)c3C)[nH]c2c1. The molecule has 4 N–H and O–H groups in total. The average molecular weight is 536 g/mol. The summed E-state index contributed by atoms with van der Waals surface area (Å²) >= 11 is 0. The Morgan fingerprint density at radius 2 is 1.46 bits per heavy atom. The summed E-state index contributed by atoms with van der Waals surface area (Å²) in [4.78, 5) is 34.3. The standard InChI is InChI=1S/C32H49N5O2/c1-3-4-5-6-7-8-9-10-11-12-13-14-15-16-17-18-19-30(39)35-26-20-21-27-28(22-26)37-32(36-27)31-25(2)29(23-33-31)34-24-38/h20-24,33H,3-19H2,1-2H3,(H,34,38)(H,35,39)(H,36,37). The lowest BCUT2D eigenvalue weighted by Gasteiger charge is -2.06. The minimum atomic E-state index is 0.0595. The minimum absolute atomic E-state index is 0.0595. The number of hydrogen-bond donors (Lipinski definition) is 4. The molecular formula is C32H49N5O2. The summed E-state index contributed by atoms with van der Waals surface area (Å²) in [5, 5.41) is 5.70. The van der Waals surface area contributed by atoms with Crippen LogP contribution in [-0.4, -0.2) is 27.3 Å². The Labute approximate surface area is 234 Å². The van der Waals surface area contributed by atoms with Gasteiger partial charge < -0.3 is 20.6 Å². The second-order valence-corrected chi connectivity index (χ2v) is 10.9. The number of carbonyl (C=O) groups excluding carboxylic acids is 2. The van der Waals surface area contributed by atoms with Crippen LogP contribution in [0.5, 0.6) is 0 Å². The second-order valence-electron chi connectivity index (χ2n) is 10.9. The van der Waals surface area contributed by atoms with Gasteiger partial charge in [0.05, 0.1) is 22.4 Å².